The number of hydrogen-bond donors (Lipinski definition) is 3. The molecular weight excluding hydrogens is 544 g/mol. The quantitative estimate of drug-likeness (QED) is 0.0600. The average Bonchev–Trinajstić information content (AvgIpc) is 2.84. The second-order valence-corrected chi connectivity index (χ2v) is 9.77. The van der Waals surface area contributed by atoms with Crippen LogP contribution < -0.4 is 11.1 Å². The van der Waals surface area contributed by atoms with Crippen LogP contribution in [0.25, 0.3) is 0 Å². The van der Waals surface area contributed by atoms with Gasteiger partial charge in [-0.2, -0.15) is 0 Å². The second-order valence-electron chi connectivity index (χ2n) is 7.99. The predicted molar refractivity (Wildman–Crippen MR) is 140 cm³/mol. The van der Waals surface area contributed by atoms with Gasteiger partial charge in [-0.3, -0.25) is 18.4 Å². The van der Waals surface area contributed by atoms with Crippen LogP contribution in [-0.2, 0) is 55.6 Å². The van der Waals surface area contributed by atoms with Crippen LogP contribution in [0.2, 0.25) is 0 Å². The summed E-state index contributed by atoms with van der Waals surface area (Å²) >= 11 is 0. The Hall–Kier alpha value is 0.344. The van der Waals surface area contributed by atoms with Crippen LogP contribution in [0, 0.1) is 6.92 Å². The fraction of sp³-hybridized carbons (Fsp3) is 0.840. The van der Waals surface area contributed by atoms with Crippen LogP contribution in [0.3, 0.4) is 0 Å². The molecular formula is C25H52N2O6PY-. The molecule has 0 aliphatic carbocycles. The first-order chi connectivity index (χ1) is 16.5. The van der Waals surface area contributed by atoms with Crippen molar-refractivity contribution in [2.45, 2.75) is 96.8 Å². The number of hydrogen-bond acceptors (Lipinski definition) is 7. The molecule has 0 aromatic carbocycles. The summed E-state index contributed by atoms with van der Waals surface area (Å²) < 4.78 is 25.1. The van der Waals surface area contributed by atoms with Crippen LogP contribution in [-0.4, -0.2) is 51.0 Å². The fourth-order valence-corrected chi connectivity index (χ4v) is 3.96. The Morgan fingerprint density at radius 2 is 1.46 bits per heavy atom. The van der Waals surface area contributed by atoms with Gasteiger partial charge in [0.2, 0.25) is 5.91 Å². The number of aliphatic hydroxyl groups is 1. The van der Waals surface area contributed by atoms with Crippen molar-refractivity contribution in [3.63, 3.8) is 0 Å². The summed E-state index contributed by atoms with van der Waals surface area (Å²) in [5, 5.41) is 11.1. The number of nitrogens with one attached hydrogen (secondary N) is 1. The Balaban J connectivity index is -0.000000670. The first-order valence-electron chi connectivity index (χ1n) is 13.0. The summed E-state index contributed by atoms with van der Waals surface area (Å²) in [5.41, 5.74) is 5.11. The van der Waals surface area contributed by atoms with Crippen molar-refractivity contribution in [2.24, 2.45) is 5.73 Å². The predicted octanol–water partition coefficient (Wildman–Crippen LogP) is 5.70. The van der Waals surface area contributed by atoms with E-state index in [-0.39, 0.29) is 65.0 Å². The van der Waals surface area contributed by atoms with Gasteiger partial charge in [0.15, 0.2) is 0 Å². The van der Waals surface area contributed by atoms with E-state index in [0.29, 0.717) is 13.0 Å². The third kappa shape index (κ3) is 32.3. The number of phosphoric ester groups is 1. The Morgan fingerprint density at radius 3 is 1.94 bits per heavy atom. The summed E-state index contributed by atoms with van der Waals surface area (Å²) in [6, 6.07) is 0. The minimum Gasteiger partial charge on any atom is -0.394 e. The van der Waals surface area contributed by atoms with E-state index in [9.17, 15) is 9.36 Å². The number of carbonyl (C=O) groups is 1. The molecule has 1 atom stereocenters. The zero-order valence-electron chi connectivity index (χ0n) is 22.4. The third-order valence-electron chi connectivity index (χ3n) is 4.92. The maximum atomic E-state index is 11.3. The van der Waals surface area contributed by atoms with Gasteiger partial charge in [0, 0.05) is 52.8 Å². The standard InChI is InChI=1S/C20H38NO.C5H14NO5P.Y/c1-3-5-6-7-8-9-10-11-12-13-14-15-16-17-18-19-20(22)21-4-2;1-9-12(8,10-4-2-6)11-5-3-7;/h11-12H,2-10,13-19H2,1H3,(H,21,22);7H,2-6H2,1H3;/q-1;;/b12-11-;;. The second kappa shape index (κ2) is 32.4. The van der Waals surface area contributed by atoms with E-state index in [1.165, 1.54) is 84.2 Å². The molecule has 10 heteroatoms. The molecule has 4 N–H and O–H groups in total. The van der Waals surface area contributed by atoms with Crippen molar-refractivity contribution in [1.82, 2.24) is 5.32 Å². The largest absolute Gasteiger partial charge is 0.474 e. The first-order valence-corrected chi connectivity index (χ1v) is 14.4. The van der Waals surface area contributed by atoms with Crippen LogP contribution in [0.5, 0.6) is 0 Å². The van der Waals surface area contributed by atoms with Gasteiger partial charge in [0.1, 0.15) is 0 Å². The van der Waals surface area contributed by atoms with E-state index in [1.807, 2.05) is 0 Å². The summed E-state index contributed by atoms with van der Waals surface area (Å²) in [5.74, 6) is 0.146. The Kier molecular flexibility index (Phi) is 36.9. The molecule has 0 saturated heterocycles. The first kappa shape index (κ1) is 39.9. The number of unbranched alkanes of at least 4 members (excludes halogenated alkanes) is 11. The molecule has 8 nitrogen and oxygen atoms in total. The molecule has 0 fully saturated rings. The Bertz CT molecular complexity index is 500. The fourth-order valence-electron chi connectivity index (χ4n) is 3.04. The Morgan fingerprint density at radius 1 is 0.943 bits per heavy atom. The molecule has 0 spiro atoms. The monoisotopic (exact) mass is 596 g/mol. The molecule has 0 aromatic heterocycles. The summed E-state index contributed by atoms with van der Waals surface area (Å²) in [4.78, 5) is 11.2. The van der Waals surface area contributed by atoms with Crippen LogP contribution >= 0.6 is 7.82 Å². The molecule has 0 rings (SSSR count). The minimum absolute atomic E-state index is 0. The summed E-state index contributed by atoms with van der Waals surface area (Å²) in [6.45, 7) is 6.38. The topological polar surface area (TPSA) is 120 Å². The smallest absolute Gasteiger partial charge is 0.394 e. The van der Waals surface area contributed by atoms with Crippen molar-refractivity contribution < 1.29 is 60.7 Å². The number of amides is 1. The van der Waals surface area contributed by atoms with Crippen molar-refractivity contribution in [2.75, 3.05) is 40.0 Å². The molecule has 0 aliphatic heterocycles. The SMILES string of the molecule is COP(=O)(OCCN)OCCO.[CH2-]CNC(=O)CCCCCCC/C=C\CCCCCCCC.[Y]. The molecule has 207 valence electrons. The molecule has 35 heavy (non-hydrogen) atoms. The van der Waals surface area contributed by atoms with Crippen LogP contribution in [0.15, 0.2) is 12.2 Å². The van der Waals surface area contributed by atoms with E-state index < -0.39 is 7.82 Å². The number of aliphatic hydroxyl groups excluding tert-OH is 1. The van der Waals surface area contributed by atoms with E-state index in [2.05, 4.69) is 40.4 Å². The van der Waals surface area contributed by atoms with Gasteiger partial charge in [0.05, 0.1) is 19.8 Å². The van der Waals surface area contributed by atoms with Crippen LogP contribution in [0.4, 0.5) is 0 Å². The van der Waals surface area contributed by atoms with Crippen molar-refractivity contribution >= 4 is 13.7 Å². The van der Waals surface area contributed by atoms with Crippen molar-refractivity contribution in [3.8, 4) is 0 Å². The van der Waals surface area contributed by atoms with Crippen LogP contribution in [0.1, 0.15) is 96.8 Å². The van der Waals surface area contributed by atoms with Gasteiger partial charge in [-0.1, -0.05) is 70.4 Å². The normalized spacial score (nSPS) is 12.5. The maximum Gasteiger partial charge on any atom is 0.474 e. The molecule has 1 amide bonds. The minimum atomic E-state index is -3.47. The van der Waals surface area contributed by atoms with E-state index >= 15 is 0 Å². The van der Waals surface area contributed by atoms with Gasteiger partial charge >= 0.3 is 7.82 Å². The van der Waals surface area contributed by atoms with Gasteiger partial charge in [-0.05, 0) is 32.1 Å². The molecule has 0 bridgehead atoms. The van der Waals surface area contributed by atoms with Gasteiger partial charge in [-0.25, -0.2) is 4.57 Å². The number of phosphoric acid groups is 1. The third-order valence-corrected chi connectivity index (χ3v) is 6.36. The Labute approximate surface area is 240 Å². The zero-order valence-corrected chi connectivity index (χ0v) is 26.1. The molecule has 1 unspecified atom stereocenters. The van der Waals surface area contributed by atoms with Gasteiger partial charge < -0.3 is 23.1 Å². The summed E-state index contributed by atoms with van der Waals surface area (Å²) in [7, 11) is -2.27. The van der Waals surface area contributed by atoms with Crippen molar-refractivity contribution in [3.05, 3.63) is 19.1 Å². The van der Waals surface area contributed by atoms with E-state index in [1.54, 1.807) is 0 Å². The number of carbonyl (C=O) groups excluding carboxylic acids is 1. The summed E-state index contributed by atoms with van der Waals surface area (Å²) in [6.07, 6.45) is 22.2. The molecule has 0 heterocycles. The van der Waals surface area contributed by atoms with Crippen molar-refractivity contribution in [1.29, 1.82) is 0 Å². The average molecular weight is 597 g/mol. The van der Waals surface area contributed by atoms with E-state index in [4.69, 9.17) is 15.4 Å². The maximum absolute atomic E-state index is 11.3. The molecule has 0 aliphatic rings. The zero-order chi connectivity index (χ0) is 25.8. The molecule has 1 radical (unpaired) electrons. The van der Waals surface area contributed by atoms with E-state index in [0.717, 1.165) is 6.42 Å². The number of allylic oxidation sites excluding steroid dienone is 2. The number of rotatable bonds is 23. The molecule has 0 aromatic rings. The van der Waals surface area contributed by atoms with Gasteiger partial charge in [0.25, 0.3) is 0 Å². The van der Waals surface area contributed by atoms with Gasteiger partial charge in [-0.15, -0.1) is 6.54 Å². The number of nitrogens with two attached hydrogens (primary N) is 1. The molecule has 0 saturated carbocycles.